The number of aromatic amines is 1. The molecular formula is C21H22N4O. The number of aryl methyl sites for hydroxylation is 1. The van der Waals surface area contributed by atoms with Crippen molar-refractivity contribution in [3.63, 3.8) is 0 Å². The molecule has 132 valence electrons. The van der Waals surface area contributed by atoms with E-state index in [1.807, 2.05) is 41.4 Å². The minimum atomic E-state index is 0.216. The maximum Gasteiger partial charge on any atom is 0.222 e. The molecule has 3 aromatic rings. The molecule has 0 unspecified atom stereocenters. The van der Waals surface area contributed by atoms with Crippen LogP contribution in [0.2, 0.25) is 0 Å². The number of rotatable bonds is 4. The van der Waals surface area contributed by atoms with Crippen molar-refractivity contribution >= 4 is 5.91 Å². The molecule has 4 rings (SSSR count). The number of amides is 1. The van der Waals surface area contributed by atoms with Gasteiger partial charge in [-0.15, -0.1) is 0 Å². The van der Waals surface area contributed by atoms with E-state index in [-0.39, 0.29) is 5.91 Å². The Kier molecular flexibility index (Phi) is 4.78. The summed E-state index contributed by atoms with van der Waals surface area (Å²) >= 11 is 0. The maximum absolute atomic E-state index is 12.6. The second kappa shape index (κ2) is 7.52. The number of nitrogens with zero attached hydrogens (tertiary/aromatic N) is 3. The molecule has 1 amide bonds. The number of carbonyl (C=O) groups excluding carboxylic acids is 1. The topological polar surface area (TPSA) is 61.9 Å². The molecule has 1 aliphatic rings. The summed E-state index contributed by atoms with van der Waals surface area (Å²) in [4.78, 5) is 18.7. The molecule has 0 radical (unpaired) electrons. The van der Waals surface area contributed by atoms with Gasteiger partial charge in [-0.2, -0.15) is 5.10 Å². The lowest BCUT2D eigenvalue weighted by Crippen LogP contribution is -2.33. The van der Waals surface area contributed by atoms with Crippen LogP contribution in [0.5, 0.6) is 0 Å². The van der Waals surface area contributed by atoms with Gasteiger partial charge in [0, 0.05) is 55.1 Å². The van der Waals surface area contributed by atoms with Gasteiger partial charge >= 0.3 is 0 Å². The minimum Gasteiger partial charge on any atom is -0.342 e. The van der Waals surface area contributed by atoms with E-state index in [2.05, 4.69) is 27.3 Å². The second-order valence-corrected chi connectivity index (χ2v) is 6.64. The Morgan fingerprint density at radius 2 is 1.92 bits per heavy atom. The zero-order valence-corrected chi connectivity index (χ0v) is 14.7. The van der Waals surface area contributed by atoms with E-state index in [9.17, 15) is 4.79 Å². The van der Waals surface area contributed by atoms with E-state index in [0.29, 0.717) is 6.42 Å². The van der Waals surface area contributed by atoms with Crippen LogP contribution < -0.4 is 0 Å². The van der Waals surface area contributed by atoms with Gasteiger partial charge in [-0.05, 0) is 24.5 Å². The van der Waals surface area contributed by atoms with Crippen molar-refractivity contribution in [2.75, 3.05) is 13.1 Å². The van der Waals surface area contributed by atoms with Gasteiger partial charge < -0.3 is 4.90 Å². The Morgan fingerprint density at radius 3 is 2.73 bits per heavy atom. The van der Waals surface area contributed by atoms with E-state index < -0.39 is 0 Å². The van der Waals surface area contributed by atoms with Gasteiger partial charge in [-0.3, -0.25) is 14.9 Å². The number of nitrogens with one attached hydrogen (secondary N) is 1. The minimum absolute atomic E-state index is 0.216. The van der Waals surface area contributed by atoms with Crippen LogP contribution in [-0.2, 0) is 24.1 Å². The van der Waals surface area contributed by atoms with Gasteiger partial charge in [0.25, 0.3) is 0 Å². The van der Waals surface area contributed by atoms with Crippen molar-refractivity contribution in [3.05, 3.63) is 71.7 Å². The molecule has 0 saturated heterocycles. The highest BCUT2D eigenvalue weighted by atomic mass is 16.2. The first kappa shape index (κ1) is 16.5. The van der Waals surface area contributed by atoms with E-state index in [0.717, 1.165) is 54.9 Å². The van der Waals surface area contributed by atoms with Crippen LogP contribution in [0.3, 0.4) is 0 Å². The highest BCUT2D eigenvalue weighted by Gasteiger charge is 2.22. The third kappa shape index (κ3) is 3.52. The van der Waals surface area contributed by atoms with E-state index in [4.69, 9.17) is 0 Å². The van der Waals surface area contributed by atoms with Crippen LogP contribution in [-0.4, -0.2) is 39.1 Å². The van der Waals surface area contributed by atoms with Crippen LogP contribution in [0.25, 0.3) is 11.3 Å². The number of hydrogen-bond donors (Lipinski definition) is 1. The van der Waals surface area contributed by atoms with Gasteiger partial charge in [-0.25, -0.2) is 0 Å². The molecular weight excluding hydrogens is 324 g/mol. The average Bonchev–Trinajstić information content (AvgIpc) is 2.99. The third-order valence-electron chi connectivity index (χ3n) is 4.97. The number of hydrogen-bond acceptors (Lipinski definition) is 3. The molecule has 0 bridgehead atoms. The Morgan fingerprint density at radius 1 is 1.08 bits per heavy atom. The van der Waals surface area contributed by atoms with Crippen LogP contribution in [0.15, 0.2) is 54.9 Å². The largest absolute Gasteiger partial charge is 0.342 e. The molecule has 2 aromatic heterocycles. The van der Waals surface area contributed by atoms with Crippen molar-refractivity contribution in [1.82, 2.24) is 20.1 Å². The van der Waals surface area contributed by atoms with Gasteiger partial charge in [0.1, 0.15) is 0 Å². The molecule has 0 atom stereocenters. The van der Waals surface area contributed by atoms with Crippen molar-refractivity contribution in [1.29, 1.82) is 0 Å². The Bertz CT molecular complexity index is 874. The molecule has 3 heterocycles. The quantitative estimate of drug-likeness (QED) is 0.790. The van der Waals surface area contributed by atoms with Crippen molar-refractivity contribution in [2.24, 2.45) is 0 Å². The molecule has 5 heteroatoms. The summed E-state index contributed by atoms with van der Waals surface area (Å²) in [5.41, 5.74) is 5.66. The predicted molar refractivity (Wildman–Crippen MR) is 101 cm³/mol. The summed E-state index contributed by atoms with van der Waals surface area (Å²) in [6, 6.07) is 14.2. The van der Waals surface area contributed by atoms with Gasteiger partial charge in [0.15, 0.2) is 0 Å². The fourth-order valence-electron chi connectivity index (χ4n) is 3.52. The molecule has 26 heavy (non-hydrogen) atoms. The molecule has 0 spiro atoms. The van der Waals surface area contributed by atoms with E-state index in [1.54, 1.807) is 6.20 Å². The fraction of sp³-hybridized carbons (Fsp3) is 0.286. The summed E-state index contributed by atoms with van der Waals surface area (Å²) in [5, 5.41) is 7.71. The molecule has 1 aromatic carbocycles. The number of aromatic nitrogens is 3. The van der Waals surface area contributed by atoms with Crippen molar-refractivity contribution < 1.29 is 4.79 Å². The van der Waals surface area contributed by atoms with Crippen molar-refractivity contribution in [3.8, 4) is 11.3 Å². The van der Waals surface area contributed by atoms with E-state index >= 15 is 0 Å². The highest BCUT2D eigenvalue weighted by Crippen LogP contribution is 2.26. The lowest BCUT2D eigenvalue weighted by Gasteiger charge is -2.20. The zero-order valence-electron chi connectivity index (χ0n) is 14.7. The van der Waals surface area contributed by atoms with Crippen LogP contribution in [0.4, 0.5) is 0 Å². The first-order chi connectivity index (χ1) is 12.8. The summed E-state index contributed by atoms with van der Waals surface area (Å²) in [7, 11) is 0. The second-order valence-electron chi connectivity index (χ2n) is 6.64. The molecule has 0 fully saturated rings. The van der Waals surface area contributed by atoms with Crippen LogP contribution in [0.1, 0.15) is 23.2 Å². The molecule has 1 aliphatic heterocycles. The summed E-state index contributed by atoms with van der Waals surface area (Å²) in [6.45, 7) is 1.49. The third-order valence-corrected chi connectivity index (χ3v) is 4.97. The Balaban J connectivity index is 1.42. The summed E-state index contributed by atoms with van der Waals surface area (Å²) < 4.78 is 0. The van der Waals surface area contributed by atoms with Gasteiger partial charge in [0.2, 0.25) is 5.91 Å². The highest BCUT2D eigenvalue weighted by molar-refractivity contribution is 5.76. The number of H-pyrrole nitrogens is 1. The fourth-order valence-corrected chi connectivity index (χ4v) is 3.52. The molecule has 0 aliphatic carbocycles. The zero-order chi connectivity index (χ0) is 17.8. The molecule has 1 N–H and O–H groups in total. The lowest BCUT2D eigenvalue weighted by molar-refractivity contribution is -0.131. The average molecular weight is 346 g/mol. The Hall–Kier alpha value is -2.95. The maximum atomic E-state index is 12.6. The van der Waals surface area contributed by atoms with Gasteiger partial charge in [-0.1, -0.05) is 36.4 Å². The summed E-state index contributed by atoms with van der Waals surface area (Å²) in [6.07, 6.45) is 6.53. The number of benzene rings is 1. The van der Waals surface area contributed by atoms with E-state index in [1.165, 1.54) is 5.56 Å². The van der Waals surface area contributed by atoms with Gasteiger partial charge in [0.05, 0.1) is 5.69 Å². The number of pyridine rings is 1. The van der Waals surface area contributed by atoms with Crippen LogP contribution in [0, 0.1) is 0 Å². The lowest BCUT2D eigenvalue weighted by atomic mass is 10.0. The monoisotopic (exact) mass is 346 g/mol. The SMILES string of the molecule is O=C(CCc1cccnc1)N1CCc2[nH]nc(-c3ccccc3)c2CC1. The number of carbonyl (C=O) groups is 1. The Labute approximate surface area is 153 Å². The van der Waals surface area contributed by atoms with Crippen LogP contribution >= 0.6 is 0 Å². The molecule has 0 saturated carbocycles. The predicted octanol–water partition coefficient (Wildman–Crippen LogP) is 3.03. The number of fused-ring (bicyclic) bond motifs is 1. The summed E-state index contributed by atoms with van der Waals surface area (Å²) in [5.74, 6) is 0.216. The van der Waals surface area contributed by atoms with Crippen molar-refractivity contribution in [2.45, 2.75) is 25.7 Å². The first-order valence-electron chi connectivity index (χ1n) is 9.09. The first-order valence-corrected chi connectivity index (χ1v) is 9.09. The smallest absolute Gasteiger partial charge is 0.222 e. The standard InChI is InChI=1S/C21H22N4O/c26-20(9-8-16-5-4-12-22-15-16)25-13-10-18-19(11-14-25)23-24-21(18)17-6-2-1-3-7-17/h1-7,12,15H,8-11,13-14H2,(H,23,24). The normalized spacial score (nSPS) is 13.9. The molecule has 5 nitrogen and oxygen atoms in total.